The van der Waals surface area contributed by atoms with Crippen molar-refractivity contribution in [1.82, 2.24) is 0 Å². The van der Waals surface area contributed by atoms with Crippen LogP contribution in [0.5, 0.6) is 0 Å². The maximum absolute atomic E-state index is 11.5. The third-order valence-corrected chi connectivity index (χ3v) is 4.28. The summed E-state index contributed by atoms with van der Waals surface area (Å²) in [6.45, 7) is 4.08. The highest BCUT2D eigenvalue weighted by atomic mass is 79.9. The molecule has 110 valence electrons. The van der Waals surface area contributed by atoms with E-state index in [0.717, 1.165) is 12.8 Å². The molecular weight excluding hydrogens is 326 g/mol. The van der Waals surface area contributed by atoms with Gasteiger partial charge in [-0.15, -0.1) is 0 Å². The van der Waals surface area contributed by atoms with Crippen LogP contribution in [-0.4, -0.2) is 16.0 Å². The number of halogens is 1. The largest absolute Gasteiger partial charge is 0.481 e. The van der Waals surface area contributed by atoms with Crippen molar-refractivity contribution in [3.63, 3.8) is 0 Å². The zero-order valence-corrected chi connectivity index (χ0v) is 13.1. The summed E-state index contributed by atoms with van der Waals surface area (Å²) in [5.41, 5.74) is 0.544. The van der Waals surface area contributed by atoms with Gasteiger partial charge >= 0.3 is 5.97 Å². The molecule has 0 saturated heterocycles. The van der Waals surface area contributed by atoms with Gasteiger partial charge in [0.2, 0.25) is 0 Å². The molecule has 1 atom stereocenters. The number of nitro groups is 1. The number of non-ortho nitro benzene ring substituents is 1. The van der Waals surface area contributed by atoms with Crippen molar-refractivity contribution >= 4 is 27.6 Å². The monoisotopic (exact) mass is 343 g/mol. The second kappa shape index (κ2) is 7.38. The number of nitro benzene ring substituents is 1. The summed E-state index contributed by atoms with van der Waals surface area (Å²) in [6, 6.07) is 4.24. The lowest BCUT2D eigenvalue weighted by molar-refractivity contribution is -0.384. The van der Waals surface area contributed by atoms with Crippen LogP contribution in [0.15, 0.2) is 22.7 Å². The van der Waals surface area contributed by atoms with E-state index in [9.17, 15) is 20.0 Å². The Balaban J connectivity index is 3.09. The Kier molecular flexibility index (Phi) is 6.13. The summed E-state index contributed by atoms with van der Waals surface area (Å²) in [5.74, 6) is -1.21. The van der Waals surface area contributed by atoms with Gasteiger partial charge in [-0.1, -0.05) is 48.7 Å². The highest BCUT2D eigenvalue weighted by Crippen LogP contribution is 2.34. The van der Waals surface area contributed by atoms with Crippen LogP contribution >= 0.6 is 15.9 Å². The molecule has 1 rings (SSSR count). The molecule has 0 aliphatic heterocycles. The topological polar surface area (TPSA) is 80.4 Å². The molecule has 0 heterocycles. The fourth-order valence-electron chi connectivity index (χ4n) is 2.23. The molecular formula is C14H18BrNO4. The summed E-state index contributed by atoms with van der Waals surface area (Å²) in [5, 5.41) is 20.1. The van der Waals surface area contributed by atoms with Crippen LogP contribution < -0.4 is 0 Å². The van der Waals surface area contributed by atoms with Crippen molar-refractivity contribution in [2.24, 2.45) is 5.92 Å². The zero-order valence-electron chi connectivity index (χ0n) is 11.5. The molecule has 0 aliphatic carbocycles. The second-order valence-corrected chi connectivity index (χ2v) is 5.63. The molecule has 0 fully saturated rings. The third-order valence-electron chi connectivity index (χ3n) is 3.59. The van der Waals surface area contributed by atoms with Crippen LogP contribution in [0, 0.1) is 16.0 Å². The van der Waals surface area contributed by atoms with Gasteiger partial charge in [0.25, 0.3) is 5.69 Å². The molecule has 1 unspecified atom stereocenters. The van der Waals surface area contributed by atoms with E-state index in [1.54, 1.807) is 0 Å². The number of aliphatic carboxylic acids is 1. The lowest BCUT2D eigenvalue weighted by atomic mass is 9.86. The Morgan fingerprint density at radius 3 is 2.40 bits per heavy atom. The van der Waals surface area contributed by atoms with Crippen molar-refractivity contribution in [2.45, 2.75) is 39.0 Å². The maximum atomic E-state index is 11.5. The lowest BCUT2D eigenvalue weighted by Gasteiger charge is -2.19. The molecule has 0 spiro atoms. The number of benzene rings is 1. The van der Waals surface area contributed by atoms with Gasteiger partial charge in [-0.2, -0.15) is 0 Å². The smallest absolute Gasteiger partial charge is 0.311 e. The highest BCUT2D eigenvalue weighted by Gasteiger charge is 2.26. The number of rotatable bonds is 7. The fourth-order valence-corrected chi connectivity index (χ4v) is 2.87. The molecule has 0 radical (unpaired) electrons. The van der Waals surface area contributed by atoms with Gasteiger partial charge in [-0.25, -0.2) is 0 Å². The third kappa shape index (κ3) is 4.03. The number of carboxylic acids is 1. The van der Waals surface area contributed by atoms with E-state index in [0.29, 0.717) is 22.4 Å². The fraction of sp³-hybridized carbons (Fsp3) is 0.500. The van der Waals surface area contributed by atoms with E-state index < -0.39 is 16.8 Å². The highest BCUT2D eigenvalue weighted by molar-refractivity contribution is 9.10. The van der Waals surface area contributed by atoms with E-state index in [1.165, 1.54) is 18.2 Å². The standard InChI is InChI=1S/C14H18BrNO4/c1-3-9(4-2)7-12(14(17)18)11-6-5-10(16(19)20)8-13(11)15/h5-6,8-9,12H,3-4,7H2,1-2H3,(H,17,18). The van der Waals surface area contributed by atoms with Crippen LogP contribution in [0.4, 0.5) is 5.69 Å². The van der Waals surface area contributed by atoms with Gasteiger partial charge in [0.05, 0.1) is 10.8 Å². The number of carboxylic acid groups (broad SMARTS) is 1. The Hall–Kier alpha value is -1.43. The first kappa shape index (κ1) is 16.6. The second-order valence-electron chi connectivity index (χ2n) is 4.77. The van der Waals surface area contributed by atoms with Crippen LogP contribution in [0.1, 0.15) is 44.6 Å². The summed E-state index contributed by atoms with van der Waals surface area (Å²) < 4.78 is 0.477. The molecule has 0 bridgehead atoms. The first-order chi connectivity index (χ1) is 9.40. The minimum atomic E-state index is -0.897. The van der Waals surface area contributed by atoms with E-state index in [2.05, 4.69) is 15.9 Å². The molecule has 1 aromatic carbocycles. The molecule has 0 saturated carbocycles. The van der Waals surface area contributed by atoms with E-state index >= 15 is 0 Å². The summed E-state index contributed by atoms with van der Waals surface area (Å²) in [7, 11) is 0. The molecule has 20 heavy (non-hydrogen) atoms. The van der Waals surface area contributed by atoms with Crippen LogP contribution in [0.25, 0.3) is 0 Å². The first-order valence-corrected chi connectivity index (χ1v) is 7.36. The Morgan fingerprint density at radius 1 is 1.40 bits per heavy atom. The quantitative estimate of drug-likeness (QED) is 0.589. The molecule has 0 aliphatic rings. The number of hydrogen-bond donors (Lipinski definition) is 1. The minimum absolute atomic E-state index is 0.0488. The van der Waals surface area contributed by atoms with Crippen molar-refractivity contribution in [3.05, 3.63) is 38.3 Å². The van der Waals surface area contributed by atoms with Crippen molar-refractivity contribution in [2.75, 3.05) is 0 Å². The normalized spacial score (nSPS) is 12.4. The van der Waals surface area contributed by atoms with E-state index in [-0.39, 0.29) is 5.69 Å². The number of hydrogen-bond acceptors (Lipinski definition) is 3. The lowest BCUT2D eigenvalue weighted by Crippen LogP contribution is -2.16. The predicted molar refractivity (Wildman–Crippen MR) is 79.9 cm³/mol. The van der Waals surface area contributed by atoms with E-state index in [1.807, 2.05) is 13.8 Å². The SMILES string of the molecule is CCC(CC)CC(C(=O)O)c1ccc([N+](=O)[O-])cc1Br. The van der Waals surface area contributed by atoms with Crippen molar-refractivity contribution in [1.29, 1.82) is 0 Å². The Labute approximate surface area is 126 Å². The Morgan fingerprint density at radius 2 is 2.00 bits per heavy atom. The molecule has 0 amide bonds. The zero-order chi connectivity index (χ0) is 15.3. The minimum Gasteiger partial charge on any atom is -0.481 e. The molecule has 6 heteroatoms. The van der Waals surface area contributed by atoms with Gasteiger partial charge < -0.3 is 5.11 Å². The summed E-state index contributed by atoms with van der Waals surface area (Å²) in [4.78, 5) is 21.7. The van der Waals surface area contributed by atoms with Gasteiger partial charge in [0, 0.05) is 16.6 Å². The van der Waals surface area contributed by atoms with Gasteiger partial charge in [-0.3, -0.25) is 14.9 Å². The summed E-state index contributed by atoms with van der Waals surface area (Å²) in [6.07, 6.45) is 2.38. The van der Waals surface area contributed by atoms with Crippen molar-refractivity contribution in [3.8, 4) is 0 Å². The number of carbonyl (C=O) groups is 1. The van der Waals surface area contributed by atoms with Gasteiger partial charge in [-0.05, 0) is 17.9 Å². The first-order valence-electron chi connectivity index (χ1n) is 6.57. The van der Waals surface area contributed by atoms with Crippen LogP contribution in [0.3, 0.4) is 0 Å². The Bertz CT molecular complexity index is 500. The average Bonchev–Trinajstić information content (AvgIpc) is 2.40. The molecule has 1 aromatic rings. The molecule has 1 N–H and O–H groups in total. The summed E-state index contributed by atoms with van der Waals surface area (Å²) >= 11 is 3.25. The predicted octanol–water partition coefficient (Wildman–Crippen LogP) is 4.35. The van der Waals surface area contributed by atoms with Crippen LogP contribution in [-0.2, 0) is 4.79 Å². The van der Waals surface area contributed by atoms with Gasteiger partial charge in [0.15, 0.2) is 0 Å². The number of nitrogens with zero attached hydrogens (tertiary/aromatic N) is 1. The molecule has 0 aromatic heterocycles. The van der Waals surface area contributed by atoms with Crippen LogP contribution in [0.2, 0.25) is 0 Å². The molecule has 5 nitrogen and oxygen atoms in total. The van der Waals surface area contributed by atoms with E-state index in [4.69, 9.17) is 0 Å². The average molecular weight is 344 g/mol. The maximum Gasteiger partial charge on any atom is 0.311 e. The van der Waals surface area contributed by atoms with Gasteiger partial charge in [0.1, 0.15) is 0 Å². The van der Waals surface area contributed by atoms with Crippen molar-refractivity contribution < 1.29 is 14.8 Å².